The fourth-order valence-electron chi connectivity index (χ4n) is 0.619. The Balaban J connectivity index is 4.38. The Labute approximate surface area is 68.3 Å². The first-order chi connectivity index (χ1) is 5.24. The molecule has 0 saturated heterocycles. The highest BCUT2D eigenvalue weighted by atomic mass is 14.2. The predicted octanol–water partition coefficient (Wildman–Crippen LogP) is 2.98. The zero-order valence-electron chi connectivity index (χ0n) is 7.09. The summed E-state index contributed by atoms with van der Waals surface area (Å²) in [6, 6.07) is 2.08. The van der Waals surface area contributed by atoms with E-state index in [2.05, 4.69) is 12.6 Å². The number of nitriles is 1. The van der Waals surface area contributed by atoms with Gasteiger partial charge in [-0.1, -0.05) is 25.2 Å². The molecule has 0 amide bonds. The van der Waals surface area contributed by atoms with Crippen LogP contribution in [0.2, 0.25) is 0 Å². The van der Waals surface area contributed by atoms with Crippen molar-refractivity contribution in [3.8, 4) is 6.07 Å². The van der Waals surface area contributed by atoms with E-state index in [1.54, 1.807) is 12.2 Å². The van der Waals surface area contributed by atoms with Crippen molar-refractivity contribution in [2.75, 3.05) is 0 Å². The molecule has 0 rings (SSSR count). The zero-order chi connectivity index (χ0) is 8.69. The van der Waals surface area contributed by atoms with Gasteiger partial charge in [0.15, 0.2) is 0 Å². The van der Waals surface area contributed by atoms with Crippen LogP contribution in [0, 0.1) is 11.3 Å². The molecule has 0 atom stereocenters. The van der Waals surface area contributed by atoms with Crippen LogP contribution in [0.3, 0.4) is 0 Å². The first-order valence-electron chi connectivity index (χ1n) is 3.66. The molecule has 0 aliphatic rings. The molecule has 0 saturated carbocycles. The lowest BCUT2D eigenvalue weighted by Crippen LogP contribution is -1.75. The lowest BCUT2D eigenvalue weighted by atomic mass is 10.1. The quantitative estimate of drug-likeness (QED) is 0.444. The Hall–Kier alpha value is -1.29. The SMILES string of the molecule is C=C(/C=C(C#N)\C=C/C)CC. The summed E-state index contributed by atoms with van der Waals surface area (Å²) in [6.45, 7) is 7.69. The normalized spacial score (nSPS) is 11.5. The van der Waals surface area contributed by atoms with Crippen molar-refractivity contribution in [1.29, 1.82) is 5.26 Å². The van der Waals surface area contributed by atoms with Gasteiger partial charge in [-0.3, -0.25) is 0 Å². The molecule has 1 heteroatoms. The molecular formula is C10H13N. The van der Waals surface area contributed by atoms with Gasteiger partial charge in [0, 0.05) is 0 Å². The van der Waals surface area contributed by atoms with Gasteiger partial charge in [0.2, 0.25) is 0 Å². The van der Waals surface area contributed by atoms with Crippen molar-refractivity contribution in [2.45, 2.75) is 20.3 Å². The van der Waals surface area contributed by atoms with Crippen LogP contribution in [-0.2, 0) is 0 Å². The van der Waals surface area contributed by atoms with E-state index in [9.17, 15) is 0 Å². The van der Waals surface area contributed by atoms with Crippen LogP contribution in [0.1, 0.15) is 20.3 Å². The molecule has 0 aromatic heterocycles. The van der Waals surface area contributed by atoms with E-state index in [0.29, 0.717) is 5.57 Å². The Morgan fingerprint density at radius 3 is 2.64 bits per heavy atom. The summed E-state index contributed by atoms with van der Waals surface area (Å²) >= 11 is 0. The van der Waals surface area contributed by atoms with Crippen LogP contribution in [0.25, 0.3) is 0 Å². The minimum Gasteiger partial charge on any atom is -0.192 e. The molecule has 0 spiro atoms. The molecule has 0 aromatic rings. The number of allylic oxidation sites excluding steroid dienone is 5. The third-order valence-electron chi connectivity index (χ3n) is 1.29. The lowest BCUT2D eigenvalue weighted by Gasteiger charge is -1.91. The Kier molecular flexibility index (Phi) is 4.85. The second-order valence-corrected chi connectivity index (χ2v) is 2.22. The van der Waals surface area contributed by atoms with E-state index < -0.39 is 0 Å². The fraction of sp³-hybridized carbons (Fsp3) is 0.300. The van der Waals surface area contributed by atoms with Gasteiger partial charge in [-0.2, -0.15) is 5.26 Å². The first kappa shape index (κ1) is 9.71. The summed E-state index contributed by atoms with van der Waals surface area (Å²) in [5.74, 6) is 0. The molecule has 0 aliphatic heterocycles. The van der Waals surface area contributed by atoms with Gasteiger partial charge >= 0.3 is 0 Å². The summed E-state index contributed by atoms with van der Waals surface area (Å²) in [5.41, 5.74) is 1.65. The third-order valence-corrected chi connectivity index (χ3v) is 1.29. The molecule has 0 unspecified atom stereocenters. The summed E-state index contributed by atoms with van der Waals surface area (Å²) in [6.07, 6.45) is 6.32. The molecule has 58 valence electrons. The molecule has 0 radical (unpaired) electrons. The molecule has 0 heterocycles. The molecule has 11 heavy (non-hydrogen) atoms. The number of hydrogen-bond acceptors (Lipinski definition) is 1. The van der Waals surface area contributed by atoms with Crippen molar-refractivity contribution in [3.63, 3.8) is 0 Å². The summed E-state index contributed by atoms with van der Waals surface area (Å²) < 4.78 is 0. The maximum atomic E-state index is 8.59. The highest BCUT2D eigenvalue weighted by molar-refractivity contribution is 5.38. The van der Waals surface area contributed by atoms with Crippen LogP contribution in [-0.4, -0.2) is 0 Å². The van der Waals surface area contributed by atoms with E-state index in [1.807, 2.05) is 19.9 Å². The van der Waals surface area contributed by atoms with Gasteiger partial charge in [-0.15, -0.1) is 0 Å². The zero-order valence-corrected chi connectivity index (χ0v) is 7.09. The van der Waals surface area contributed by atoms with Crippen LogP contribution in [0.15, 0.2) is 36.0 Å². The average Bonchev–Trinajstić information content (AvgIpc) is 2.03. The minimum atomic E-state index is 0.666. The van der Waals surface area contributed by atoms with Gasteiger partial charge < -0.3 is 0 Å². The number of hydrogen-bond donors (Lipinski definition) is 0. The first-order valence-corrected chi connectivity index (χ1v) is 3.66. The van der Waals surface area contributed by atoms with Gasteiger partial charge in [0.1, 0.15) is 0 Å². The average molecular weight is 147 g/mol. The molecule has 0 aliphatic carbocycles. The maximum absolute atomic E-state index is 8.59. The molecule has 0 fully saturated rings. The lowest BCUT2D eigenvalue weighted by molar-refractivity contribution is 1.16. The van der Waals surface area contributed by atoms with Crippen molar-refractivity contribution in [3.05, 3.63) is 36.0 Å². The standard InChI is InChI=1S/C10H13N/c1-4-6-10(8-11)7-9(3)5-2/h4,6-7H,3,5H2,1-2H3/b6-4-,10-7+. The molecular weight excluding hydrogens is 134 g/mol. The van der Waals surface area contributed by atoms with E-state index in [4.69, 9.17) is 5.26 Å². The monoisotopic (exact) mass is 147 g/mol. The van der Waals surface area contributed by atoms with E-state index in [-0.39, 0.29) is 0 Å². The molecule has 1 nitrogen and oxygen atoms in total. The minimum absolute atomic E-state index is 0.666. The predicted molar refractivity (Wildman–Crippen MR) is 47.9 cm³/mol. The van der Waals surface area contributed by atoms with Gasteiger partial charge in [-0.25, -0.2) is 0 Å². The highest BCUT2D eigenvalue weighted by Crippen LogP contribution is 2.04. The van der Waals surface area contributed by atoms with Gasteiger partial charge in [-0.05, 0) is 25.5 Å². The third kappa shape index (κ3) is 4.16. The van der Waals surface area contributed by atoms with Gasteiger partial charge in [0.05, 0.1) is 11.6 Å². The van der Waals surface area contributed by atoms with Crippen LogP contribution < -0.4 is 0 Å². The Morgan fingerprint density at radius 2 is 2.27 bits per heavy atom. The van der Waals surface area contributed by atoms with E-state index >= 15 is 0 Å². The fourth-order valence-corrected chi connectivity index (χ4v) is 0.619. The van der Waals surface area contributed by atoms with Crippen molar-refractivity contribution >= 4 is 0 Å². The van der Waals surface area contributed by atoms with Gasteiger partial charge in [0.25, 0.3) is 0 Å². The van der Waals surface area contributed by atoms with E-state index in [1.165, 1.54) is 0 Å². The second kappa shape index (κ2) is 5.49. The number of nitrogens with zero attached hydrogens (tertiary/aromatic N) is 1. The topological polar surface area (TPSA) is 23.8 Å². The molecule has 0 aromatic carbocycles. The Morgan fingerprint density at radius 1 is 1.64 bits per heavy atom. The number of rotatable bonds is 3. The van der Waals surface area contributed by atoms with Crippen molar-refractivity contribution in [1.82, 2.24) is 0 Å². The maximum Gasteiger partial charge on any atom is 0.0991 e. The molecule has 0 N–H and O–H groups in total. The smallest absolute Gasteiger partial charge is 0.0991 e. The van der Waals surface area contributed by atoms with Crippen molar-refractivity contribution < 1.29 is 0 Å². The second-order valence-electron chi connectivity index (χ2n) is 2.22. The summed E-state index contributed by atoms with van der Waals surface area (Å²) in [7, 11) is 0. The summed E-state index contributed by atoms with van der Waals surface area (Å²) in [5, 5.41) is 8.59. The largest absolute Gasteiger partial charge is 0.192 e. The van der Waals surface area contributed by atoms with Crippen LogP contribution in [0.5, 0.6) is 0 Å². The highest BCUT2D eigenvalue weighted by Gasteiger charge is 1.88. The van der Waals surface area contributed by atoms with E-state index in [0.717, 1.165) is 12.0 Å². The summed E-state index contributed by atoms with van der Waals surface area (Å²) in [4.78, 5) is 0. The van der Waals surface area contributed by atoms with Crippen LogP contribution >= 0.6 is 0 Å². The van der Waals surface area contributed by atoms with Crippen molar-refractivity contribution in [2.24, 2.45) is 0 Å². The Bertz CT molecular complexity index is 226. The van der Waals surface area contributed by atoms with Crippen LogP contribution in [0.4, 0.5) is 0 Å². The molecule has 0 bridgehead atoms.